The molecule has 0 aliphatic rings. The first-order valence-electron chi connectivity index (χ1n) is 6.07. The number of nitrogens with zero attached hydrogens (tertiary/aromatic N) is 7. The van der Waals surface area contributed by atoms with E-state index in [1.54, 1.807) is 28.9 Å². The number of aromatic hydroxyl groups is 1. The Bertz CT molecular complexity index is 772. The van der Waals surface area contributed by atoms with E-state index in [4.69, 9.17) is 0 Å². The molecule has 0 bridgehead atoms. The minimum Gasteiger partial charge on any atom is -0.508 e. The third-order valence-electron chi connectivity index (χ3n) is 2.79. The summed E-state index contributed by atoms with van der Waals surface area (Å²) in [6.07, 6.45) is 0. The SMILES string of the molecule is Cc1nnc(Sc2nnnn2-c2ccc(O)cc2)nc1C. The highest BCUT2D eigenvalue weighted by atomic mass is 32.2. The number of rotatable bonds is 3. The van der Waals surface area contributed by atoms with Gasteiger partial charge in [0.1, 0.15) is 5.75 Å². The van der Waals surface area contributed by atoms with Gasteiger partial charge >= 0.3 is 0 Å². The Labute approximate surface area is 124 Å². The zero-order chi connectivity index (χ0) is 14.8. The molecule has 1 N–H and O–H groups in total. The molecule has 21 heavy (non-hydrogen) atoms. The maximum Gasteiger partial charge on any atom is 0.221 e. The van der Waals surface area contributed by atoms with Crippen molar-refractivity contribution in [2.75, 3.05) is 0 Å². The van der Waals surface area contributed by atoms with Crippen LogP contribution in [0.5, 0.6) is 5.75 Å². The van der Waals surface area contributed by atoms with Crippen LogP contribution >= 0.6 is 11.8 Å². The summed E-state index contributed by atoms with van der Waals surface area (Å²) in [4.78, 5) is 4.34. The molecule has 0 aliphatic heterocycles. The number of phenolic OH excluding ortho intramolecular Hbond substituents is 1. The molecule has 3 rings (SSSR count). The molecule has 0 amide bonds. The molecular weight excluding hydrogens is 290 g/mol. The van der Waals surface area contributed by atoms with Crippen LogP contribution in [-0.2, 0) is 0 Å². The van der Waals surface area contributed by atoms with Crippen molar-refractivity contribution in [3.05, 3.63) is 35.7 Å². The van der Waals surface area contributed by atoms with Crippen LogP contribution in [0.3, 0.4) is 0 Å². The predicted octanol–water partition coefficient (Wildman–Crippen LogP) is 1.32. The molecule has 2 aromatic heterocycles. The first kappa shape index (κ1) is 13.4. The molecule has 0 saturated carbocycles. The summed E-state index contributed by atoms with van der Waals surface area (Å²) in [6.45, 7) is 3.72. The molecule has 0 atom stereocenters. The highest BCUT2D eigenvalue weighted by Crippen LogP contribution is 2.24. The molecule has 2 heterocycles. The van der Waals surface area contributed by atoms with Crippen LogP contribution in [-0.4, -0.2) is 40.5 Å². The van der Waals surface area contributed by atoms with E-state index in [1.807, 2.05) is 13.8 Å². The number of hydrogen-bond acceptors (Lipinski definition) is 8. The van der Waals surface area contributed by atoms with Gasteiger partial charge in [-0.15, -0.1) is 10.2 Å². The molecule has 0 saturated heterocycles. The molecule has 0 spiro atoms. The molecule has 0 fully saturated rings. The van der Waals surface area contributed by atoms with Gasteiger partial charge in [-0.25, -0.2) is 4.98 Å². The lowest BCUT2D eigenvalue weighted by molar-refractivity contribution is 0.475. The number of aryl methyl sites for hydroxylation is 2. The second-order valence-electron chi connectivity index (χ2n) is 4.26. The van der Waals surface area contributed by atoms with Crippen molar-refractivity contribution in [1.82, 2.24) is 35.4 Å². The zero-order valence-electron chi connectivity index (χ0n) is 11.3. The van der Waals surface area contributed by atoms with E-state index in [0.29, 0.717) is 10.3 Å². The quantitative estimate of drug-likeness (QED) is 0.772. The summed E-state index contributed by atoms with van der Waals surface area (Å²) >= 11 is 1.22. The fraction of sp³-hybridized carbons (Fsp3) is 0.167. The largest absolute Gasteiger partial charge is 0.508 e. The number of aromatic nitrogens is 7. The van der Waals surface area contributed by atoms with Gasteiger partial charge in [-0.2, -0.15) is 9.78 Å². The average molecular weight is 301 g/mol. The smallest absolute Gasteiger partial charge is 0.221 e. The molecule has 3 aromatic rings. The Balaban J connectivity index is 1.92. The molecule has 0 unspecified atom stereocenters. The van der Waals surface area contributed by atoms with Crippen LogP contribution in [0.4, 0.5) is 0 Å². The summed E-state index contributed by atoms with van der Waals surface area (Å²) in [6, 6.07) is 6.57. The Kier molecular flexibility index (Phi) is 3.48. The summed E-state index contributed by atoms with van der Waals surface area (Å²) in [5.41, 5.74) is 2.34. The van der Waals surface area contributed by atoms with Gasteiger partial charge in [0, 0.05) is 0 Å². The van der Waals surface area contributed by atoms with Crippen LogP contribution in [0.2, 0.25) is 0 Å². The van der Waals surface area contributed by atoms with Crippen molar-refractivity contribution in [3.63, 3.8) is 0 Å². The highest BCUT2D eigenvalue weighted by molar-refractivity contribution is 7.99. The zero-order valence-corrected chi connectivity index (χ0v) is 12.1. The van der Waals surface area contributed by atoms with E-state index in [-0.39, 0.29) is 5.75 Å². The third kappa shape index (κ3) is 2.82. The average Bonchev–Trinajstić information content (AvgIpc) is 2.92. The van der Waals surface area contributed by atoms with Gasteiger partial charge in [0.05, 0.1) is 17.1 Å². The van der Waals surface area contributed by atoms with Crippen molar-refractivity contribution in [2.24, 2.45) is 0 Å². The Morgan fingerprint density at radius 1 is 1.00 bits per heavy atom. The topological polar surface area (TPSA) is 102 Å². The predicted molar refractivity (Wildman–Crippen MR) is 74.2 cm³/mol. The second-order valence-corrected chi connectivity index (χ2v) is 5.19. The van der Waals surface area contributed by atoms with Gasteiger partial charge in [-0.05, 0) is 60.3 Å². The van der Waals surface area contributed by atoms with Crippen molar-refractivity contribution in [3.8, 4) is 11.4 Å². The number of benzene rings is 1. The molecule has 0 aliphatic carbocycles. The maximum absolute atomic E-state index is 9.32. The van der Waals surface area contributed by atoms with Crippen molar-refractivity contribution < 1.29 is 5.11 Å². The lowest BCUT2D eigenvalue weighted by Crippen LogP contribution is -2.01. The molecule has 8 nitrogen and oxygen atoms in total. The van der Waals surface area contributed by atoms with E-state index >= 15 is 0 Å². The Morgan fingerprint density at radius 2 is 1.76 bits per heavy atom. The summed E-state index contributed by atoms with van der Waals surface area (Å²) in [5, 5.41) is 29.9. The fourth-order valence-electron chi connectivity index (χ4n) is 1.56. The Morgan fingerprint density at radius 3 is 2.48 bits per heavy atom. The molecule has 0 radical (unpaired) electrons. The lowest BCUT2D eigenvalue weighted by atomic mass is 10.3. The number of hydrogen-bond donors (Lipinski definition) is 1. The first-order chi connectivity index (χ1) is 10.1. The van der Waals surface area contributed by atoms with Gasteiger partial charge in [0.15, 0.2) is 0 Å². The fourth-order valence-corrected chi connectivity index (χ4v) is 2.29. The van der Waals surface area contributed by atoms with E-state index < -0.39 is 0 Å². The monoisotopic (exact) mass is 301 g/mol. The number of tetrazole rings is 1. The standard InChI is InChI=1S/C12H11N7OS/c1-7-8(2)14-15-11(13-7)21-12-16-17-18-19(12)9-3-5-10(20)6-4-9/h3-6,20H,1-2H3. The first-order valence-corrected chi connectivity index (χ1v) is 6.88. The van der Waals surface area contributed by atoms with Gasteiger partial charge in [-0.3, -0.25) is 0 Å². The van der Waals surface area contributed by atoms with Crippen molar-refractivity contribution >= 4 is 11.8 Å². The number of phenols is 1. The third-order valence-corrected chi connectivity index (χ3v) is 3.58. The minimum absolute atomic E-state index is 0.183. The molecule has 106 valence electrons. The normalized spacial score (nSPS) is 10.8. The van der Waals surface area contributed by atoms with E-state index in [1.165, 1.54) is 11.8 Å². The van der Waals surface area contributed by atoms with Crippen LogP contribution in [0.1, 0.15) is 11.4 Å². The van der Waals surface area contributed by atoms with Crippen molar-refractivity contribution in [2.45, 2.75) is 24.2 Å². The van der Waals surface area contributed by atoms with Gasteiger partial charge in [0.25, 0.3) is 0 Å². The van der Waals surface area contributed by atoms with Crippen LogP contribution in [0.25, 0.3) is 5.69 Å². The van der Waals surface area contributed by atoms with E-state index in [2.05, 4.69) is 30.7 Å². The van der Waals surface area contributed by atoms with Gasteiger partial charge < -0.3 is 5.11 Å². The summed E-state index contributed by atoms with van der Waals surface area (Å²) < 4.78 is 1.54. The van der Waals surface area contributed by atoms with Crippen LogP contribution in [0, 0.1) is 13.8 Å². The van der Waals surface area contributed by atoms with Gasteiger partial charge in [0.2, 0.25) is 10.3 Å². The Hall–Kier alpha value is -2.55. The lowest BCUT2D eigenvalue weighted by Gasteiger charge is -2.04. The maximum atomic E-state index is 9.32. The minimum atomic E-state index is 0.183. The molecule has 1 aromatic carbocycles. The molecular formula is C12H11N7OS. The molecule has 9 heteroatoms. The summed E-state index contributed by atoms with van der Waals surface area (Å²) in [5.74, 6) is 0.183. The highest BCUT2D eigenvalue weighted by Gasteiger charge is 2.13. The van der Waals surface area contributed by atoms with Crippen molar-refractivity contribution in [1.29, 1.82) is 0 Å². The summed E-state index contributed by atoms with van der Waals surface area (Å²) in [7, 11) is 0. The van der Waals surface area contributed by atoms with Crippen LogP contribution < -0.4 is 0 Å². The second kappa shape index (κ2) is 5.44. The van der Waals surface area contributed by atoms with Gasteiger partial charge in [-0.1, -0.05) is 0 Å². The van der Waals surface area contributed by atoms with E-state index in [9.17, 15) is 5.11 Å². The van der Waals surface area contributed by atoms with E-state index in [0.717, 1.165) is 17.1 Å². The van der Waals surface area contributed by atoms with Crippen LogP contribution in [0.15, 0.2) is 34.6 Å².